The molecule has 0 amide bonds. The zero-order valence-corrected chi connectivity index (χ0v) is 18.8. The first-order valence-electron chi connectivity index (χ1n) is 10.1. The number of ether oxygens (including phenoxy) is 1. The van der Waals surface area contributed by atoms with Crippen molar-refractivity contribution in [2.75, 3.05) is 25.9 Å². The van der Waals surface area contributed by atoms with Crippen molar-refractivity contribution in [2.24, 2.45) is 0 Å². The van der Waals surface area contributed by atoms with Crippen LogP contribution in [-0.4, -0.2) is 52.2 Å². The molecule has 152 valence electrons. The molecule has 2 unspecified atom stereocenters. The summed E-state index contributed by atoms with van der Waals surface area (Å²) in [7, 11) is 0. The van der Waals surface area contributed by atoms with E-state index in [4.69, 9.17) is 16.3 Å². The van der Waals surface area contributed by atoms with Gasteiger partial charge in [0.2, 0.25) is 0 Å². The van der Waals surface area contributed by atoms with Crippen molar-refractivity contribution in [1.82, 2.24) is 14.2 Å². The van der Waals surface area contributed by atoms with Gasteiger partial charge in [-0.05, 0) is 55.3 Å². The largest absolute Gasteiger partial charge is 0.431 e. The molecule has 5 rings (SSSR count). The fraction of sp³-hybridized carbons (Fsp3) is 0.409. The molecule has 0 aliphatic carbocycles. The van der Waals surface area contributed by atoms with Crippen molar-refractivity contribution in [2.45, 2.75) is 31.3 Å². The second-order valence-corrected chi connectivity index (χ2v) is 10.00. The lowest BCUT2D eigenvalue weighted by atomic mass is 10.1. The molecule has 2 bridgehead atoms. The molecule has 0 spiro atoms. The average molecular weight is 446 g/mol. The van der Waals surface area contributed by atoms with Crippen LogP contribution in [0.3, 0.4) is 0 Å². The molecule has 2 aromatic carbocycles. The van der Waals surface area contributed by atoms with E-state index < -0.39 is 0 Å². The maximum atomic E-state index is 6.21. The van der Waals surface area contributed by atoms with E-state index in [1.165, 1.54) is 42.8 Å². The van der Waals surface area contributed by atoms with E-state index >= 15 is 0 Å². The molecule has 2 fully saturated rings. The normalized spacial score (nSPS) is 22.4. The zero-order valence-electron chi connectivity index (χ0n) is 16.4. The van der Waals surface area contributed by atoms with Gasteiger partial charge >= 0.3 is 0 Å². The average Bonchev–Trinajstić information content (AvgIpc) is 3.25. The predicted octanol–water partition coefficient (Wildman–Crippen LogP) is 5.71. The molecule has 2 atom stereocenters. The van der Waals surface area contributed by atoms with Gasteiger partial charge in [0.05, 0.1) is 9.72 Å². The minimum atomic E-state index is 0.629. The van der Waals surface area contributed by atoms with Crippen LogP contribution < -0.4 is 4.74 Å². The molecule has 1 aromatic heterocycles. The Hall–Kier alpha value is -1.31. The van der Waals surface area contributed by atoms with E-state index in [2.05, 4.69) is 32.6 Å². The SMILES string of the molecule is CSN1CC2CCC(C1)N2CCc1ccc(Oc2nc3c(Cl)cccc3s2)cc1. The number of thiazole rings is 1. The fourth-order valence-electron chi connectivity index (χ4n) is 4.49. The third kappa shape index (κ3) is 4.14. The van der Waals surface area contributed by atoms with Crippen LogP contribution in [0, 0.1) is 0 Å². The monoisotopic (exact) mass is 445 g/mol. The molecule has 3 aromatic rings. The molecule has 2 aliphatic rings. The zero-order chi connectivity index (χ0) is 19.8. The Morgan fingerprint density at radius 2 is 1.90 bits per heavy atom. The van der Waals surface area contributed by atoms with E-state index in [1.807, 2.05) is 42.3 Å². The number of hydrogen-bond acceptors (Lipinski definition) is 6. The quantitative estimate of drug-likeness (QED) is 0.453. The van der Waals surface area contributed by atoms with Crippen LogP contribution in [0.2, 0.25) is 5.02 Å². The first-order chi connectivity index (χ1) is 14.2. The second kappa shape index (κ2) is 8.44. The summed E-state index contributed by atoms with van der Waals surface area (Å²) >= 11 is 9.63. The number of fused-ring (bicyclic) bond motifs is 3. The Labute approximate surface area is 184 Å². The predicted molar refractivity (Wildman–Crippen MR) is 123 cm³/mol. The van der Waals surface area contributed by atoms with Crippen molar-refractivity contribution >= 4 is 45.1 Å². The number of rotatable bonds is 6. The lowest BCUT2D eigenvalue weighted by Gasteiger charge is -2.40. The van der Waals surface area contributed by atoms with Crippen molar-refractivity contribution < 1.29 is 4.74 Å². The summed E-state index contributed by atoms with van der Waals surface area (Å²) < 4.78 is 9.54. The first kappa shape index (κ1) is 19.6. The number of aromatic nitrogens is 1. The molecule has 0 N–H and O–H groups in total. The van der Waals surface area contributed by atoms with Crippen LogP contribution in [0.5, 0.6) is 10.9 Å². The third-order valence-corrected chi connectivity index (χ3v) is 8.01. The fourth-order valence-corrected chi connectivity index (χ4v) is 6.26. The molecule has 0 radical (unpaired) electrons. The number of piperazine rings is 1. The number of benzene rings is 2. The number of halogens is 1. The highest BCUT2D eigenvalue weighted by molar-refractivity contribution is 7.96. The molecular formula is C22H24ClN3OS2. The van der Waals surface area contributed by atoms with Gasteiger partial charge in [0.15, 0.2) is 0 Å². The molecule has 0 saturated carbocycles. The summed E-state index contributed by atoms with van der Waals surface area (Å²) in [6.07, 6.45) is 5.98. The summed E-state index contributed by atoms with van der Waals surface area (Å²) in [5, 5.41) is 1.29. The van der Waals surface area contributed by atoms with Crippen molar-refractivity contribution in [3.63, 3.8) is 0 Å². The first-order valence-corrected chi connectivity index (χ1v) is 12.4. The van der Waals surface area contributed by atoms with Crippen molar-refractivity contribution in [3.05, 3.63) is 53.1 Å². The van der Waals surface area contributed by atoms with Gasteiger partial charge < -0.3 is 4.74 Å². The minimum absolute atomic E-state index is 0.629. The van der Waals surface area contributed by atoms with E-state index in [0.717, 1.165) is 41.0 Å². The standard InChI is InChI=1S/C22H24ClN3OS2/c1-28-25-13-16-7-8-17(14-25)26(16)12-11-15-5-9-18(10-6-15)27-22-24-21-19(23)3-2-4-20(21)29-22/h2-6,9-10,16-17H,7-8,11-14H2,1H3. The highest BCUT2D eigenvalue weighted by Gasteiger charge is 2.39. The lowest BCUT2D eigenvalue weighted by molar-refractivity contribution is 0.117. The Bertz CT molecular complexity index is 979. The van der Waals surface area contributed by atoms with E-state index in [9.17, 15) is 0 Å². The van der Waals surface area contributed by atoms with Crippen LogP contribution in [0.15, 0.2) is 42.5 Å². The third-order valence-electron chi connectivity index (χ3n) is 6.00. The molecular weight excluding hydrogens is 422 g/mol. The lowest BCUT2D eigenvalue weighted by Crippen LogP contribution is -2.51. The molecule has 4 nitrogen and oxygen atoms in total. The van der Waals surface area contributed by atoms with Gasteiger partial charge in [-0.15, -0.1) is 0 Å². The van der Waals surface area contributed by atoms with Crippen LogP contribution in [-0.2, 0) is 6.42 Å². The summed E-state index contributed by atoms with van der Waals surface area (Å²) in [6.45, 7) is 3.56. The van der Waals surface area contributed by atoms with E-state index in [-0.39, 0.29) is 0 Å². The van der Waals surface area contributed by atoms with Crippen LogP contribution in [0.25, 0.3) is 10.2 Å². The molecule has 2 aliphatic heterocycles. The highest BCUT2D eigenvalue weighted by Crippen LogP contribution is 2.35. The van der Waals surface area contributed by atoms with Gasteiger partial charge in [0, 0.05) is 31.7 Å². The van der Waals surface area contributed by atoms with E-state index in [0.29, 0.717) is 10.2 Å². The molecule has 3 heterocycles. The molecule has 29 heavy (non-hydrogen) atoms. The van der Waals surface area contributed by atoms with Crippen LogP contribution in [0.4, 0.5) is 0 Å². The Morgan fingerprint density at radius 1 is 1.14 bits per heavy atom. The molecule has 2 saturated heterocycles. The minimum Gasteiger partial charge on any atom is -0.431 e. The maximum absolute atomic E-state index is 6.21. The number of nitrogens with zero attached hydrogens (tertiary/aromatic N) is 3. The van der Waals surface area contributed by atoms with Crippen molar-refractivity contribution in [3.8, 4) is 10.9 Å². The van der Waals surface area contributed by atoms with Gasteiger partial charge in [-0.25, -0.2) is 9.29 Å². The maximum Gasteiger partial charge on any atom is 0.279 e. The summed E-state index contributed by atoms with van der Waals surface area (Å²) in [5.74, 6) is 0.817. The smallest absolute Gasteiger partial charge is 0.279 e. The van der Waals surface area contributed by atoms with Gasteiger partial charge in [0.1, 0.15) is 11.3 Å². The summed E-state index contributed by atoms with van der Waals surface area (Å²) in [5.41, 5.74) is 2.17. The topological polar surface area (TPSA) is 28.6 Å². The Morgan fingerprint density at radius 3 is 2.59 bits per heavy atom. The summed E-state index contributed by atoms with van der Waals surface area (Å²) in [6, 6.07) is 15.7. The Balaban J connectivity index is 1.20. The van der Waals surface area contributed by atoms with Crippen LogP contribution in [0.1, 0.15) is 18.4 Å². The van der Waals surface area contributed by atoms with Gasteiger partial charge in [-0.2, -0.15) is 0 Å². The number of para-hydroxylation sites is 1. The Kier molecular flexibility index (Phi) is 5.71. The van der Waals surface area contributed by atoms with Crippen LogP contribution >= 0.6 is 34.9 Å². The van der Waals surface area contributed by atoms with Crippen molar-refractivity contribution in [1.29, 1.82) is 0 Å². The van der Waals surface area contributed by atoms with Gasteiger partial charge in [-0.3, -0.25) is 4.90 Å². The van der Waals surface area contributed by atoms with Gasteiger partial charge in [-0.1, -0.05) is 53.1 Å². The number of hydrogen-bond donors (Lipinski definition) is 0. The second-order valence-electron chi connectivity index (χ2n) is 7.71. The molecule has 7 heteroatoms. The highest BCUT2D eigenvalue weighted by atomic mass is 35.5. The van der Waals surface area contributed by atoms with E-state index in [1.54, 1.807) is 0 Å². The summed E-state index contributed by atoms with van der Waals surface area (Å²) in [4.78, 5) is 7.25. The van der Waals surface area contributed by atoms with Gasteiger partial charge in [0.25, 0.3) is 5.19 Å².